The van der Waals surface area contributed by atoms with Crippen molar-refractivity contribution >= 4 is 15.9 Å². The van der Waals surface area contributed by atoms with E-state index in [0.29, 0.717) is 6.61 Å². The third-order valence-corrected chi connectivity index (χ3v) is 2.35. The normalized spacial score (nSPS) is 12.9. The highest BCUT2D eigenvalue weighted by Crippen LogP contribution is 2.22. The van der Waals surface area contributed by atoms with Crippen molar-refractivity contribution in [2.24, 2.45) is 0 Å². The fraction of sp³-hybridized carbons (Fsp3) is 0.400. The van der Waals surface area contributed by atoms with Gasteiger partial charge in [0, 0.05) is 11.6 Å². The van der Waals surface area contributed by atoms with Crippen molar-refractivity contribution in [3.05, 3.63) is 33.8 Å². The lowest BCUT2D eigenvalue weighted by molar-refractivity contribution is 0.171. The minimum absolute atomic E-state index is 0.456. The molecule has 0 saturated carbocycles. The van der Waals surface area contributed by atoms with E-state index in [0.717, 1.165) is 15.6 Å². The van der Waals surface area contributed by atoms with Gasteiger partial charge in [-0.3, -0.25) is 0 Å². The predicted molar refractivity (Wildman–Crippen MR) is 55.5 cm³/mol. The van der Waals surface area contributed by atoms with Crippen molar-refractivity contribution in [1.82, 2.24) is 0 Å². The Morgan fingerprint density at radius 3 is 2.77 bits per heavy atom. The van der Waals surface area contributed by atoms with Crippen LogP contribution in [0.15, 0.2) is 22.7 Å². The molecular weight excluding hydrogens is 232 g/mol. The Kier molecular flexibility index (Phi) is 3.90. The van der Waals surface area contributed by atoms with E-state index in [1.807, 2.05) is 18.2 Å². The van der Waals surface area contributed by atoms with Crippen LogP contribution in [0.1, 0.15) is 24.2 Å². The Morgan fingerprint density at radius 1 is 1.54 bits per heavy atom. The van der Waals surface area contributed by atoms with Gasteiger partial charge in [0.05, 0.1) is 12.7 Å². The number of methoxy groups -OCH3 is 1. The molecule has 3 heteroatoms. The Balaban J connectivity index is 3.03. The van der Waals surface area contributed by atoms with Crippen LogP contribution >= 0.6 is 15.9 Å². The van der Waals surface area contributed by atoms with Gasteiger partial charge in [0.2, 0.25) is 0 Å². The van der Waals surface area contributed by atoms with Crippen LogP contribution in [0, 0.1) is 0 Å². The molecule has 0 bridgehead atoms. The molecule has 0 heterocycles. The fourth-order valence-electron chi connectivity index (χ4n) is 1.24. The first-order valence-electron chi connectivity index (χ1n) is 4.10. The smallest absolute Gasteiger partial charge is 0.0765 e. The second kappa shape index (κ2) is 4.74. The highest BCUT2D eigenvalue weighted by atomic mass is 79.9. The van der Waals surface area contributed by atoms with Gasteiger partial charge < -0.3 is 9.84 Å². The van der Waals surface area contributed by atoms with Crippen LogP contribution in [0.3, 0.4) is 0 Å². The average molecular weight is 245 g/mol. The molecule has 13 heavy (non-hydrogen) atoms. The van der Waals surface area contributed by atoms with Crippen molar-refractivity contribution in [2.75, 3.05) is 7.11 Å². The minimum atomic E-state index is -0.456. The van der Waals surface area contributed by atoms with Gasteiger partial charge in [-0.15, -0.1) is 0 Å². The molecule has 2 nitrogen and oxygen atoms in total. The van der Waals surface area contributed by atoms with Gasteiger partial charge in [-0.1, -0.05) is 22.0 Å². The molecule has 0 aliphatic rings. The Morgan fingerprint density at radius 2 is 2.23 bits per heavy atom. The first kappa shape index (κ1) is 10.7. The topological polar surface area (TPSA) is 29.5 Å². The number of hydrogen-bond acceptors (Lipinski definition) is 2. The van der Waals surface area contributed by atoms with E-state index >= 15 is 0 Å². The van der Waals surface area contributed by atoms with Crippen molar-refractivity contribution in [2.45, 2.75) is 19.6 Å². The maximum Gasteiger partial charge on any atom is 0.0765 e. The number of aliphatic hydroxyl groups excluding tert-OH is 1. The standard InChI is InChI=1S/C10H13BrO2/c1-7(12)10-5-9(11)4-3-8(10)6-13-2/h3-5,7,12H,6H2,1-2H3. The molecule has 1 aromatic rings. The maximum atomic E-state index is 9.48. The first-order valence-corrected chi connectivity index (χ1v) is 4.89. The molecule has 0 amide bonds. The van der Waals surface area contributed by atoms with Gasteiger partial charge in [-0.05, 0) is 30.2 Å². The fourth-order valence-corrected chi connectivity index (χ4v) is 1.62. The summed E-state index contributed by atoms with van der Waals surface area (Å²) in [5, 5.41) is 9.48. The zero-order chi connectivity index (χ0) is 9.84. The van der Waals surface area contributed by atoms with E-state index < -0.39 is 6.10 Å². The van der Waals surface area contributed by atoms with Crippen molar-refractivity contribution in [3.8, 4) is 0 Å². The SMILES string of the molecule is COCc1ccc(Br)cc1C(C)O. The minimum Gasteiger partial charge on any atom is -0.389 e. The highest BCUT2D eigenvalue weighted by molar-refractivity contribution is 9.10. The lowest BCUT2D eigenvalue weighted by atomic mass is 10.0. The molecule has 1 rings (SSSR count). The van der Waals surface area contributed by atoms with Gasteiger partial charge in [0.15, 0.2) is 0 Å². The molecular formula is C10H13BrO2. The molecule has 0 fully saturated rings. The summed E-state index contributed by atoms with van der Waals surface area (Å²) in [6.45, 7) is 2.29. The summed E-state index contributed by atoms with van der Waals surface area (Å²) in [5.74, 6) is 0. The lowest BCUT2D eigenvalue weighted by Crippen LogP contribution is -1.99. The summed E-state index contributed by atoms with van der Waals surface area (Å²) >= 11 is 3.36. The molecule has 0 spiro atoms. The number of hydrogen-bond donors (Lipinski definition) is 1. The molecule has 1 aromatic carbocycles. The van der Waals surface area contributed by atoms with Gasteiger partial charge in [-0.2, -0.15) is 0 Å². The zero-order valence-electron chi connectivity index (χ0n) is 7.75. The third kappa shape index (κ3) is 2.79. The van der Waals surface area contributed by atoms with Crippen molar-refractivity contribution < 1.29 is 9.84 Å². The second-order valence-electron chi connectivity index (χ2n) is 2.95. The summed E-state index contributed by atoms with van der Waals surface area (Å²) in [6.07, 6.45) is -0.456. The lowest BCUT2D eigenvalue weighted by Gasteiger charge is -2.11. The Bertz CT molecular complexity index is 284. The van der Waals surface area contributed by atoms with Gasteiger partial charge in [-0.25, -0.2) is 0 Å². The summed E-state index contributed by atoms with van der Waals surface area (Å²) < 4.78 is 6.01. The average Bonchev–Trinajstić information content (AvgIpc) is 2.08. The van der Waals surface area contributed by atoms with E-state index in [-0.39, 0.29) is 0 Å². The largest absolute Gasteiger partial charge is 0.389 e. The van der Waals surface area contributed by atoms with Crippen LogP contribution < -0.4 is 0 Å². The van der Waals surface area contributed by atoms with E-state index in [4.69, 9.17) is 4.74 Å². The summed E-state index contributed by atoms with van der Waals surface area (Å²) in [7, 11) is 1.65. The maximum absolute atomic E-state index is 9.48. The molecule has 0 radical (unpaired) electrons. The predicted octanol–water partition coefficient (Wildman–Crippen LogP) is 2.65. The Labute approximate surface area is 86.7 Å². The molecule has 72 valence electrons. The number of rotatable bonds is 3. The third-order valence-electron chi connectivity index (χ3n) is 1.86. The monoisotopic (exact) mass is 244 g/mol. The summed E-state index contributed by atoms with van der Waals surface area (Å²) in [5.41, 5.74) is 1.94. The van der Waals surface area contributed by atoms with E-state index in [2.05, 4.69) is 15.9 Å². The molecule has 0 aromatic heterocycles. The highest BCUT2D eigenvalue weighted by Gasteiger charge is 2.07. The van der Waals surface area contributed by atoms with E-state index in [1.54, 1.807) is 14.0 Å². The molecule has 1 unspecified atom stereocenters. The van der Waals surface area contributed by atoms with Gasteiger partial charge in [0.25, 0.3) is 0 Å². The Hall–Kier alpha value is -0.380. The van der Waals surface area contributed by atoms with Crippen molar-refractivity contribution in [1.29, 1.82) is 0 Å². The molecule has 0 saturated heterocycles. The number of ether oxygens (including phenoxy) is 1. The van der Waals surface area contributed by atoms with Crippen LogP contribution in [0.25, 0.3) is 0 Å². The number of halogens is 1. The van der Waals surface area contributed by atoms with Gasteiger partial charge >= 0.3 is 0 Å². The molecule has 1 N–H and O–H groups in total. The quantitative estimate of drug-likeness (QED) is 0.886. The van der Waals surface area contributed by atoms with Crippen LogP contribution in [0.2, 0.25) is 0 Å². The molecule has 1 atom stereocenters. The zero-order valence-corrected chi connectivity index (χ0v) is 9.34. The van der Waals surface area contributed by atoms with Crippen LogP contribution in [-0.4, -0.2) is 12.2 Å². The van der Waals surface area contributed by atoms with E-state index in [1.165, 1.54) is 0 Å². The number of aliphatic hydroxyl groups is 1. The first-order chi connectivity index (χ1) is 6.15. The number of benzene rings is 1. The molecule has 0 aliphatic carbocycles. The van der Waals surface area contributed by atoms with Crippen LogP contribution in [0.4, 0.5) is 0 Å². The summed E-state index contributed by atoms with van der Waals surface area (Å²) in [4.78, 5) is 0. The van der Waals surface area contributed by atoms with Crippen LogP contribution in [-0.2, 0) is 11.3 Å². The summed E-state index contributed by atoms with van der Waals surface area (Å²) in [6, 6.07) is 5.81. The van der Waals surface area contributed by atoms with Crippen molar-refractivity contribution in [3.63, 3.8) is 0 Å². The second-order valence-corrected chi connectivity index (χ2v) is 3.87. The van der Waals surface area contributed by atoms with E-state index in [9.17, 15) is 5.11 Å². The molecule has 0 aliphatic heterocycles. The van der Waals surface area contributed by atoms with Crippen LogP contribution in [0.5, 0.6) is 0 Å². The van der Waals surface area contributed by atoms with Gasteiger partial charge in [0.1, 0.15) is 0 Å².